The summed E-state index contributed by atoms with van der Waals surface area (Å²) in [7, 11) is 3.31. The van der Waals surface area contributed by atoms with Gasteiger partial charge in [-0.3, -0.25) is 0 Å². The molecule has 1 aromatic rings. The Kier molecular flexibility index (Phi) is 8.07. The van der Waals surface area contributed by atoms with E-state index >= 15 is 0 Å². The van der Waals surface area contributed by atoms with Gasteiger partial charge in [-0.25, -0.2) is 0 Å². The molecular weight excluding hydrogens is 252 g/mol. The molecule has 0 heterocycles. The Morgan fingerprint density at radius 3 is 2.35 bits per heavy atom. The highest BCUT2D eigenvalue weighted by molar-refractivity contribution is 5.42. The summed E-state index contributed by atoms with van der Waals surface area (Å²) in [5, 5.41) is 6.88. The van der Waals surface area contributed by atoms with E-state index in [0.29, 0.717) is 0 Å². The second-order valence-corrected chi connectivity index (χ2v) is 5.32. The van der Waals surface area contributed by atoms with E-state index in [1.807, 2.05) is 12.1 Å². The summed E-state index contributed by atoms with van der Waals surface area (Å²) in [4.78, 5) is 0. The second-order valence-electron chi connectivity index (χ2n) is 5.32. The number of hydrogen-bond donors (Lipinski definition) is 2. The maximum Gasteiger partial charge on any atom is 0.161 e. The van der Waals surface area contributed by atoms with Gasteiger partial charge < -0.3 is 20.1 Å². The first-order valence-corrected chi connectivity index (χ1v) is 7.29. The summed E-state index contributed by atoms with van der Waals surface area (Å²) in [6.07, 6.45) is 1.14. The number of rotatable bonds is 10. The van der Waals surface area contributed by atoms with Crippen molar-refractivity contribution in [3.63, 3.8) is 0 Å². The van der Waals surface area contributed by atoms with Crippen LogP contribution in [0.15, 0.2) is 18.2 Å². The van der Waals surface area contributed by atoms with Crippen LogP contribution in [-0.2, 0) is 6.54 Å². The third-order valence-corrected chi connectivity index (χ3v) is 3.04. The summed E-state index contributed by atoms with van der Waals surface area (Å²) < 4.78 is 10.5. The standard InChI is InChI=1S/C16H28N2O2/c1-13(2)11-17-8-5-9-18-12-14-6-7-15(19-3)16(10-14)20-4/h6-7,10,13,17-18H,5,8-9,11-12H2,1-4H3. The molecule has 20 heavy (non-hydrogen) atoms. The third-order valence-electron chi connectivity index (χ3n) is 3.04. The summed E-state index contributed by atoms with van der Waals surface area (Å²) >= 11 is 0. The minimum Gasteiger partial charge on any atom is -0.493 e. The van der Waals surface area contributed by atoms with Crippen molar-refractivity contribution in [1.29, 1.82) is 0 Å². The SMILES string of the molecule is COc1ccc(CNCCCNCC(C)C)cc1OC. The van der Waals surface area contributed by atoms with Crippen LogP contribution >= 0.6 is 0 Å². The molecule has 0 spiro atoms. The Morgan fingerprint density at radius 1 is 1.00 bits per heavy atom. The van der Waals surface area contributed by atoms with Crippen LogP contribution in [0.1, 0.15) is 25.8 Å². The number of nitrogens with one attached hydrogen (secondary N) is 2. The Hall–Kier alpha value is -1.26. The maximum atomic E-state index is 5.30. The Bertz CT molecular complexity index is 381. The van der Waals surface area contributed by atoms with Gasteiger partial charge in [-0.05, 0) is 49.7 Å². The predicted octanol–water partition coefficient (Wildman–Crippen LogP) is 2.43. The lowest BCUT2D eigenvalue weighted by atomic mass is 10.2. The lowest BCUT2D eigenvalue weighted by molar-refractivity contribution is 0.354. The molecule has 1 rings (SSSR count). The molecule has 2 N–H and O–H groups in total. The second kappa shape index (κ2) is 9.61. The highest BCUT2D eigenvalue weighted by atomic mass is 16.5. The molecule has 0 aliphatic carbocycles. The van der Waals surface area contributed by atoms with Gasteiger partial charge in [0.05, 0.1) is 14.2 Å². The maximum absolute atomic E-state index is 5.30. The molecule has 0 saturated carbocycles. The van der Waals surface area contributed by atoms with E-state index in [9.17, 15) is 0 Å². The lowest BCUT2D eigenvalue weighted by Gasteiger charge is -2.11. The van der Waals surface area contributed by atoms with Gasteiger partial charge in [-0.1, -0.05) is 19.9 Å². The minimum absolute atomic E-state index is 0.717. The first-order valence-electron chi connectivity index (χ1n) is 7.29. The molecule has 4 nitrogen and oxygen atoms in total. The molecule has 0 aliphatic rings. The molecule has 0 fully saturated rings. The van der Waals surface area contributed by atoms with E-state index in [-0.39, 0.29) is 0 Å². The van der Waals surface area contributed by atoms with E-state index in [0.717, 1.165) is 50.0 Å². The summed E-state index contributed by atoms with van der Waals surface area (Å²) in [6.45, 7) is 8.47. The Morgan fingerprint density at radius 2 is 1.70 bits per heavy atom. The summed E-state index contributed by atoms with van der Waals surface area (Å²) in [5.74, 6) is 2.27. The molecule has 0 atom stereocenters. The van der Waals surface area contributed by atoms with Gasteiger partial charge in [0.15, 0.2) is 11.5 Å². The number of ether oxygens (including phenoxy) is 2. The van der Waals surface area contributed by atoms with Crippen LogP contribution in [-0.4, -0.2) is 33.9 Å². The van der Waals surface area contributed by atoms with Crippen LogP contribution in [0, 0.1) is 5.92 Å². The molecule has 0 amide bonds. The Balaban J connectivity index is 2.22. The van der Waals surface area contributed by atoms with Crippen molar-refractivity contribution in [2.75, 3.05) is 33.9 Å². The first kappa shape index (κ1) is 16.8. The van der Waals surface area contributed by atoms with E-state index in [4.69, 9.17) is 9.47 Å². The molecule has 1 aromatic carbocycles. The van der Waals surface area contributed by atoms with Gasteiger partial charge in [0.1, 0.15) is 0 Å². The van der Waals surface area contributed by atoms with Crippen molar-refractivity contribution < 1.29 is 9.47 Å². The average molecular weight is 280 g/mol. The molecule has 0 saturated heterocycles. The van der Waals surface area contributed by atoms with Gasteiger partial charge in [0.25, 0.3) is 0 Å². The molecule has 0 unspecified atom stereocenters. The van der Waals surface area contributed by atoms with Crippen molar-refractivity contribution in [2.24, 2.45) is 5.92 Å². The van der Waals surface area contributed by atoms with Crippen molar-refractivity contribution in [2.45, 2.75) is 26.8 Å². The highest BCUT2D eigenvalue weighted by Crippen LogP contribution is 2.27. The van der Waals surface area contributed by atoms with Crippen LogP contribution in [0.3, 0.4) is 0 Å². The van der Waals surface area contributed by atoms with E-state index < -0.39 is 0 Å². The molecule has 0 aliphatic heterocycles. The van der Waals surface area contributed by atoms with Crippen molar-refractivity contribution in [3.05, 3.63) is 23.8 Å². The normalized spacial score (nSPS) is 10.8. The quantitative estimate of drug-likeness (QED) is 0.646. The fourth-order valence-electron chi connectivity index (χ4n) is 1.95. The van der Waals surface area contributed by atoms with Crippen molar-refractivity contribution in [3.8, 4) is 11.5 Å². The lowest BCUT2D eigenvalue weighted by Crippen LogP contribution is -2.24. The van der Waals surface area contributed by atoms with Crippen molar-refractivity contribution in [1.82, 2.24) is 10.6 Å². The topological polar surface area (TPSA) is 42.5 Å². The third kappa shape index (κ3) is 6.26. The zero-order valence-electron chi connectivity index (χ0n) is 13.2. The number of benzene rings is 1. The molecule has 0 aromatic heterocycles. The van der Waals surface area contributed by atoms with E-state index in [1.54, 1.807) is 14.2 Å². The van der Waals surface area contributed by atoms with Crippen LogP contribution in [0.2, 0.25) is 0 Å². The number of hydrogen-bond acceptors (Lipinski definition) is 4. The molecule has 0 bridgehead atoms. The van der Waals surface area contributed by atoms with E-state index in [2.05, 4.69) is 30.5 Å². The zero-order valence-corrected chi connectivity index (χ0v) is 13.2. The first-order chi connectivity index (χ1) is 9.67. The Labute approximate surface area is 122 Å². The fraction of sp³-hybridized carbons (Fsp3) is 0.625. The average Bonchev–Trinajstić information content (AvgIpc) is 2.45. The summed E-state index contributed by atoms with van der Waals surface area (Å²) in [5.41, 5.74) is 1.21. The van der Waals surface area contributed by atoms with Crippen LogP contribution < -0.4 is 20.1 Å². The molecule has 114 valence electrons. The molecule has 4 heteroatoms. The van der Waals surface area contributed by atoms with Crippen LogP contribution in [0.4, 0.5) is 0 Å². The van der Waals surface area contributed by atoms with Gasteiger partial charge in [0, 0.05) is 6.54 Å². The zero-order chi connectivity index (χ0) is 14.8. The van der Waals surface area contributed by atoms with Gasteiger partial charge in [-0.2, -0.15) is 0 Å². The van der Waals surface area contributed by atoms with Crippen molar-refractivity contribution >= 4 is 0 Å². The number of methoxy groups -OCH3 is 2. The monoisotopic (exact) mass is 280 g/mol. The van der Waals surface area contributed by atoms with Crippen LogP contribution in [0.5, 0.6) is 11.5 Å². The predicted molar refractivity (Wildman–Crippen MR) is 83.6 cm³/mol. The largest absolute Gasteiger partial charge is 0.493 e. The molecular formula is C16H28N2O2. The minimum atomic E-state index is 0.717. The highest BCUT2D eigenvalue weighted by Gasteiger charge is 2.03. The van der Waals surface area contributed by atoms with Gasteiger partial charge in [-0.15, -0.1) is 0 Å². The van der Waals surface area contributed by atoms with Crippen LogP contribution in [0.25, 0.3) is 0 Å². The smallest absolute Gasteiger partial charge is 0.161 e. The van der Waals surface area contributed by atoms with Gasteiger partial charge >= 0.3 is 0 Å². The fourth-order valence-corrected chi connectivity index (χ4v) is 1.95. The summed E-state index contributed by atoms with van der Waals surface area (Å²) in [6, 6.07) is 6.02. The van der Waals surface area contributed by atoms with Gasteiger partial charge in [0.2, 0.25) is 0 Å². The molecule has 0 radical (unpaired) electrons. The van der Waals surface area contributed by atoms with E-state index in [1.165, 1.54) is 5.56 Å².